The van der Waals surface area contributed by atoms with Gasteiger partial charge in [-0.05, 0) is 12.1 Å². The molecule has 1 heterocycles. The minimum Gasteiger partial charge on any atom is -0.495 e. The third-order valence-electron chi connectivity index (χ3n) is 2.60. The zero-order chi connectivity index (χ0) is 14.0. The molecular weight excluding hydrogens is 274 g/mol. The molecule has 0 aliphatic carbocycles. The van der Waals surface area contributed by atoms with Crippen LogP contribution in [0.3, 0.4) is 0 Å². The Morgan fingerprint density at radius 3 is 2.63 bits per heavy atom. The van der Waals surface area contributed by atoms with Crippen molar-refractivity contribution < 1.29 is 27.4 Å². The number of ether oxygens (including phenoxy) is 3. The summed E-state index contributed by atoms with van der Waals surface area (Å²) in [5.41, 5.74) is -0.169. The number of carbonyl (C=O) groups excluding carboxylic acids is 1. The largest absolute Gasteiger partial charge is 0.495 e. The van der Waals surface area contributed by atoms with E-state index in [-0.39, 0.29) is 16.2 Å². The molecule has 1 aromatic rings. The lowest BCUT2D eigenvalue weighted by molar-refractivity contribution is -0.184. The van der Waals surface area contributed by atoms with Gasteiger partial charge < -0.3 is 14.2 Å². The first kappa shape index (κ1) is 13.8. The van der Waals surface area contributed by atoms with Crippen molar-refractivity contribution in [2.75, 3.05) is 13.7 Å². The van der Waals surface area contributed by atoms with Gasteiger partial charge in [0, 0.05) is 6.42 Å². The van der Waals surface area contributed by atoms with Crippen LogP contribution in [0.4, 0.5) is 0 Å². The van der Waals surface area contributed by atoms with Crippen LogP contribution in [0.5, 0.6) is 5.75 Å². The van der Waals surface area contributed by atoms with Gasteiger partial charge in [0.1, 0.15) is 10.6 Å². The number of methoxy groups -OCH3 is 1. The monoisotopic (exact) mass is 287 g/mol. The number of primary sulfonamides is 1. The van der Waals surface area contributed by atoms with Gasteiger partial charge in [-0.1, -0.05) is 6.07 Å². The third kappa shape index (κ3) is 2.86. The van der Waals surface area contributed by atoms with E-state index in [9.17, 15) is 13.2 Å². The molecule has 19 heavy (non-hydrogen) atoms. The maximum absolute atomic E-state index is 11.9. The average Bonchev–Trinajstić information content (AvgIpc) is 2.31. The minimum absolute atomic E-state index is 0.00789. The predicted octanol–water partition coefficient (Wildman–Crippen LogP) is 0.246. The van der Waals surface area contributed by atoms with Crippen molar-refractivity contribution >= 4 is 16.0 Å². The Balaban J connectivity index is 2.41. The smallest absolute Gasteiger partial charge is 0.341 e. The summed E-state index contributed by atoms with van der Waals surface area (Å²) in [6.45, 7) is 0.512. The van der Waals surface area contributed by atoms with Crippen LogP contribution in [0.2, 0.25) is 0 Å². The molecule has 0 aromatic heterocycles. The Labute approximate surface area is 110 Å². The molecule has 1 aliphatic heterocycles. The van der Waals surface area contributed by atoms with Crippen molar-refractivity contribution in [3.63, 3.8) is 0 Å². The predicted molar refractivity (Wildman–Crippen MR) is 64.1 cm³/mol. The molecule has 0 radical (unpaired) electrons. The second-order valence-corrected chi connectivity index (χ2v) is 5.37. The van der Waals surface area contributed by atoms with E-state index in [4.69, 9.17) is 19.3 Å². The maximum Gasteiger partial charge on any atom is 0.341 e. The van der Waals surface area contributed by atoms with Crippen LogP contribution < -0.4 is 9.88 Å². The van der Waals surface area contributed by atoms with Gasteiger partial charge >= 0.3 is 5.97 Å². The Morgan fingerprint density at radius 1 is 1.47 bits per heavy atom. The van der Waals surface area contributed by atoms with Gasteiger partial charge in [-0.15, -0.1) is 0 Å². The molecule has 1 saturated heterocycles. The van der Waals surface area contributed by atoms with Gasteiger partial charge in [0.05, 0.1) is 19.3 Å². The molecule has 8 heteroatoms. The average molecular weight is 287 g/mol. The number of hydrogen-bond donors (Lipinski definition) is 1. The second-order valence-electron chi connectivity index (χ2n) is 3.88. The van der Waals surface area contributed by atoms with E-state index in [1.165, 1.54) is 25.3 Å². The molecule has 2 rings (SSSR count). The summed E-state index contributed by atoms with van der Waals surface area (Å²) in [5.74, 6) is -0.820. The minimum atomic E-state index is -4.11. The van der Waals surface area contributed by atoms with Crippen molar-refractivity contribution in [2.24, 2.45) is 5.14 Å². The molecule has 0 bridgehead atoms. The maximum atomic E-state index is 11.9. The summed E-state index contributed by atoms with van der Waals surface area (Å²) < 4.78 is 38.0. The van der Waals surface area contributed by atoms with Crippen LogP contribution in [-0.4, -0.2) is 34.4 Å². The van der Waals surface area contributed by atoms with E-state index in [2.05, 4.69) is 0 Å². The first-order chi connectivity index (χ1) is 8.93. The lowest BCUT2D eigenvalue weighted by Gasteiger charge is -2.26. The molecule has 2 N–H and O–H groups in total. The Hall–Kier alpha value is -1.64. The number of sulfonamides is 1. The normalized spacial score (nSPS) is 18.5. The standard InChI is InChI=1S/C11H13NO6S/c1-16-8-4-2-3-7(10(8)19(12,14)15)11(13)18-9-5-6-17-9/h2-4,9H,5-6H2,1H3,(H2,12,14,15). The highest BCUT2D eigenvalue weighted by molar-refractivity contribution is 7.89. The number of benzene rings is 1. The summed E-state index contributed by atoms with van der Waals surface area (Å²) in [6, 6.07) is 4.19. The number of nitrogens with two attached hydrogens (primary N) is 1. The molecule has 1 unspecified atom stereocenters. The van der Waals surface area contributed by atoms with Gasteiger partial charge in [-0.2, -0.15) is 0 Å². The summed E-state index contributed by atoms with van der Waals surface area (Å²) in [7, 11) is -2.83. The highest BCUT2D eigenvalue weighted by Crippen LogP contribution is 2.27. The van der Waals surface area contributed by atoms with Crippen molar-refractivity contribution in [3.8, 4) is 5.75 Å². The van der Waals surface area contributed by atoms with E-state index < -0.39 is 22.3 Å². The van der Waals surface area contributed by atoms with E-state index in [0.717, 1.165) is 0 Å². The fourth-order valence-corrected chi connectivity index (χ4v) is 2.51. The molecule has 0 saturated carbocycles. The molecule has 0 spiro atoms. The molecule has 1 atom stereocenters. The van der Waals surface area contributed by atoms with E-state index in [0.29, 0.717) is 13.0 Å². The zero-order valence-corrected chi connectivity index (χ0v) is 11.0. The van der Waals surface area contributed by atoms with Gasteiger partial charge in [-0.25, -0.2) is 18.4 Å². The molecule has 1 aliphatic rings. The third-order valence-corrected chi connectivity index (χ3v) is 3.59. The van der Waals surface area contributed by atoms with Gasteiger partial charge in [0.2, 0.25) is 16.3 Å². The fourth-order valence-electron chi connectivity index (χ4n) is 1.62. The number of rotatable bonds is 4. The van der Waals surface area contributed by atoms with Crippen molar-refractivity contribution in [3.05, 3.63) is 23.8 Å². The highest BCUT2D eigenvalue weighted by atomic mass is 32.2. The Kier molecular flexibility index (Phi) is 3.74. The van der Waals surface area contributed by atoms with Crippen molar-refractivity contribution in [1.82, 2.24) is 0 Å². The molecule has 7 nitrogen and oxygen atoms in total. The number of hydrogen-bond acceptors (Lipinski definition) is 6. The Morgan fingerprint density at radius 2 is 2.16 bits per heavy atom. The molecular formula is C11H13NO6S. The summed E-state index contributed by atoms with van der Waals surface area (Å²) in [4.78, 5) is 11.5. The lowest BCUT2D eigenvalue weighted by atomic mass is 10.2. The SMILES string of the molecule is COc1cccc(C(=O)OC2CCO2)c1S(N)(=O)=O. The molecule has 1 aromatic carbocycles. The molecule has 1 fully saturated rings. The molecule has 0 amide bonds. The summed E-state index contributed by atoms with van der Waals surface area (Å²) >= 11 is 0. The fraction of sp³-hybridized carbons (Fsp3) is 0.364. The van der Waals surface area contributed by atoms with Gasteiger partial charge in [0.25, 0.3) is 0 Å². The van der Waals surface area contributed by atoms with Crippen LogP contribution in [-0.2, 0) is 19.5 Å². The van der Waals surface area contributed by atoms with Crippen LogP contribution >= 0.6 is 0 Å². The van der Waals surface area contributed by atoms with Gasteiger partial charge in [-0.3, -0.25) is 0 Å². The Bertz CT molecular complexity index is 593. The van der Waals surface area contributed by atoms with Crippen LogP contribution in [0.25, 0.3) is 0 Å². The topological polar surface area (TPSA) is 105 Å². The van der Waals surface area contributed by atoms with Gasteiger partial charge in [0.15, 0.2) is 0 Å². The zero-order valence-electron chi connectivity index (χ0n) is 10.2. The summed E-state index contributed by atoms with van der Waals surface area (Å²) in [5, 5.41) is 5.10. The first-order valence-corrected chi connectivity index (χ1v) is 7.00. The highest BCUT2D eigenvalue weighted by Gasteiger charge is 2.29. The van der Waals surface area contributed by atoms with Crippen molar-refractivity contribution in [2.45, 2.75) is 17.6 Å². The van der Waals surface area contributed by atoms with E-state index in [1.807, 2.05) is 0 Å². The van der Waals surface area contributed by atoms with Crippen LogP contribution in [0.15, 0.2) is 23.1 Å². The first-order valence-electron chi connectivity index (χ1n) is 5.46. The lowest BCUT2D eigenvalue weighted by Crippen LogP contribution is -2.32. The quantitative estimate of drug-likeness (QED) is 0.796. The van der Waals surface area contributed by atoms with E-state index >= 15 is 0 Å². The number of carbonyl (C=O) groups is 1. The molecule has 104 valence electrons. The summed E-state index contributed by atoms with van der Waals surface area (Å²) in [6.07, 6.45) is -0.0486. The van der Waals surface area contributed by atoms with Crippen LogP contribution in [0.1, 0.15) is 16.8 Å². The number of esters is 1. The second kappa shape index (κ2) is 5.16. The van der Waals surface area contributed by atoms with E-state index in [1.54, 1.807) is 0 Å². The van der Waals surface area contributed by atoms with Crippen LogP contribution in [0, 0.1) is 0 Å². The van der Waals surface area contributed by atoms with Crippen molar-refractivity contribution in [1.29, 1.82) is 0 Å².